The Hall–Kier alpha value is -0.910. The highest BCUT2D eigenvalue weighted by atomic mass is 32.1. The van der Waals surface area contributed by atoms with Gasteiger partial charge in [-0.2, -0.15) is 11.3 Å². The van der Waals surface area contributed by atoms with Gasteiger partial charge in [0.05, 0.1) is 12.6 Å². The van der Waals surface area contributed by atoms with Gasteiger partial charge in [0.1, 0.15) is 5.54 Å². The van der Waals surface area contributed by atoms with Gasteiger partial charge in [-0.05, 0) is 41.7 Å². The summed E-state index contributed by atoms with van der Waals surface area (Å²) in [6.45, 7) is 1.77. The zero-order chi connectivity index (χ0) is 12.6. The summed E-state index contributed by atoms with van der Waals surface area (Å²) in [5.74, 6) is 0.0636. The molecule has 2 atom stereocenters. The van der Waals surface area contributed by atoms with Gasteiger partial charge in [0.25, 0.3) is 0 Å². The number of nitrogens with zero attached hydrogens (tertiary/aromatic N) is 1. The SMILES string of the molecule is NC1(C(=O)N2CCCC2c2ccsc2)CCOC1. The fourth-order valence-corrected chi connectivity index (χ4v) is 3.56. The van der Waals surface area contributed by atoms with Crippen molar-refractivity contribution in [3.63, 3.8) is 0 Å². The Bertz CT molecular complexity index is 426. The molecule has 0 saturated carbocycles. The van der Waals surface area contributed by atoms with Gasteiger partial charge in [0.15, 0.2) is 0 Å². The molecule has 0 aliphatic carbocycles. The largest absolute Gasteiger partial charge is 0.379 e. The summed E-state index contributed by atoms with van der Waals surface area (Å²) in [5, 5.41) is 4.19. The number of hydrogen-bond acceptors (Lipinski definition) is 4. The third kappa shape index (κ3) is 1.96. The Morgan fingerprint density at radius 1 is 1.61 bits per heavy atom. The highest BCUT2D eigenvalue weighted by molar-refractivity contribution is 7.07. The molecule has 2 unspecified atom stereocenters. The number of amides is 1. The fraction of sp³-hybridized carbons (Fsp3) is 0.615. The van der Waals surface area contributed by atoms with Crippen LogP contribution in [0.5, 0.6) is 0 Å². The summed E-state index contributed by atoms with van der Waals surface area (Å²) in [4.78, 5) is 14.6. The Balaban J connectivity index is 1.80. The maximum atomic E-state index is 12.6. The molecule has 0 bridgehead atoms. The second kappa shape index (κ2) is 4.64. The van der Waals surface area contributed by atoms with Crippen LogP contribution >= 0.6 is 11.3 Å². The number of nitrogens with two attached hydrogens (primary N) is 1. The molecule has 0 aromatic carbocycles. The van der Waals surface area contributed by atoms with Crippen molar-refractivity contribution in [3.8, 4) is 0 Å². The molecule has 0 spiro atoms. The van der Waals surface area contributed by atoms with Gasteiger partial charge in [0, 0.05) is 13.2 Å². The summed E-state index contributed by atoms with van der Waals surface area (Å²) in [5.41, 5.74) is 6.64. The molecule has 1 aromatic heterocycles. The van der Waals surface area contributed by atoms with E-state index in [4.69, 9.17) is 10.5 Å². The lowest BCUT2D eigenvalue weighted by Crippen LogP contribution is -2.55. The molecule has 2 fully saturated rings. The number of likely N-dealkylation sites (tertiary alicyclic amines) is 1. The number of rotatable bonds is 2. The number of carbonyl (C=O) groups excluding carboxylic acids is 1. The predicted molar refractivity (Wildman–Crippen MR) is 70.4 cm³/mol. The maximum Gasteiger partial charge on any atom is 0.245 e. The van der Waals surface area contributed by atoms with Gasteiger partial charge in [0.2, 0.25) is 5.91 Å². The monoisotopic (exact) mass is 266 g/mol. The van der Waals surface area contributed by atoms with Crippen molar-refractivity contribution in [2.75, 3.05) is 19.8 Å². The smallest absolute Gasteiger partial charge is 0.245 e. The molecule has 2 aliphatic heterocycles. The summed E-state index contributed by atoms with van der Waals surface area (Å²) < 4.78 is 5.30. The Morgan fingerprint density at radius 3 is 3.17 bits per heavy atom. The first-order valence-corrected chi connectivity index (χ1v) is 7.35. The van der Waals surface area contributed by atoms with Gasteiger partial charge < -0.3 is 15.4 Å². The molecule has 0 radical (unpaired) electrons. The lowest BCUT2D eigenvalue weighted by atomic mass is 9.97. The standard InChI is InChI=1S/C13H18N2O2S/c14-13(4-6-17-9-13)12(16)15-5-1-2-11(15)10-3-7-18-8-10/h3,7-8,11H,1-2,4-6,9,14H2. The molecule has 5 heteroatoms. The predicted octanol–water partition coefficient (Wildman–Crippen LogP) is 1.53. The minimum atomic E-state index is -0.793. The molecule has 4 nitrogen and oxygen atoms in total. The van der Waals surface area contributed by atoms with Gasteiger partial charge in [-0.25, -0.2) is 0 Å². The van der Waals surface area contributed by atoms with Crippen LogP contribution in [0.25, 0.3) is 0 Å². The van der Waals surface area contributed by atoms with Crippen LogP contribution in [0.3, 0.4) is 0 Å². The first kappa shape index (κ1) is 12.1. The van der Waals surface area contributed by atoms with E-state index in [0.717, 1.165) is 19.4 Å². The van der Waals surface area contributed by atoms with Crippen molar-refractivity contribution in [2.24, 2.45) is 5.73 Å². The van der Waals surface area contributed by atoms with E-state index in [-0.39, 0.29) is 11.9 Å². The number of thiophene rings is 1. The van der Waals surface area contributed by atoms with Crippen LogP contribution in [0.15, 0.2) is 16.8 Å². The van der Waals surface area contributed by atoms with Crippen LogP contribution in [0.4, 0.5) is 0 Å². The van der Waals surface area contributed by atoms with E-state index >= 15 is 0 Å². The van der Waals surface area contributed by atoms with Gasteiger partial charge in [-0.15, -0.1) is 0 Å². The molecular weight excluding hydrogens is 248 g/mol. The zero-order valence-electron chi connectivity index (χ0n) is 10.3. The first-order valence-electron chi connectivity index (χ1n) is 6.40. The highest BCUT2D eigenvalue weighted by Gasteiger charge is 2.44. The lowest BCUT2D eigenvalue weighted by Gasteiger charge is -2.31. The van der Waals surface area contributed by atoms with Gasteiger partial charge in [-0.1, -0.05) is 0 Å². The van der Waals surface area contributed by atoms with Crippen LogP contribution < -0.4 is 5.73 Å². The molecular formula is C13H18N2O2S. The normalized spacial score (nSPS) is 32.1. The molecule has 3 heterocycles. The molecule has 2 aliphatic rings. The van der Waals surface area contributed by atoms with E-state index in [2.05, 4.69) is 16.8 Å². The van der Waals surface area contributed by atoms with E-state index in [1.807, 2.05) is 4.90 Å². The Labute approximate surface area is 111 Å². The minimum absolute atomic E-state index is 0.0636. The molecule has 2 saturated heterocycles. The van der Waals surface area contributed by atoms with E-state index in [0.29, 0.717) is 19.6 Å². The Kier molecular flexibility index (Phi) is 3.13. The topological polar surface area (TPSA) is 55.6 Å². The molecule has 98 valence electrons. The molecule has 2 N–H and O–H groups in total. The summed E-state index contributed by atoms with van der Waals surface area (Å²) in [7, 11) is 0. The maximum absolute atomic E-state index is 12.6. The van der Waals surface area contributed by atoms with Gasteiger partial charge in [-0.3, -0.25) is 4.79 Å². The third-order valence-electron chi connectivity index (χ3n) is 3.92. The quantitative estimate of drug-likeness (QED) is 0.883. The second-order valence-electron chi connectivity index (χ2n) is 5.17. The zero-order valence-corrected chi connectivity index (χ0v) is 11.1. The van der Waals surface area contributed by atoms with Crippen molar-refractivity contribution in [3.05, 3.63) is 22.4 Å². The summed E-state index contributed by atoms with van der Waals surface area (Å²) in [6.07, 6.45) is 2.74. The van der Waals surface area contributed by atoms with Crippen molar-refractivity contribution in [1.82, 2.24) is 4.90 Å². The minimum Gasteiger partial charge on any atom is -0.379 e. The molecule has 1 aromatic rings. The van der Waals surface area contributed by atoms with Crippen molar-refractivity contribution in [2.45, 2.75) is 30.8 Å². The summed E-state index contributed by atoms with van der Waals surface area (Å²) in [6, 6.07) is 2.32. The molecule has 1 amide bonds. The number of hydrogen-bond donors (Lipinski definition) is 1. The summed E-state index contributed by atoms with van der Waals surface area (Å²) >= 11 is 1.68. The lowest BCUT2D eigenvalue weighted by molar-refractivity contribution is -0.138. The molecule has 3 rings (SSSR count). The fourth-order valence-electron chi connectivity index (χ4n) is 2.86. The van der Waals surface area contributed by atoms with Crippen LogP contribution in [0, 0.1) is 0 Å². The van der Waals surface area contributed by atoms with Crippen molar-refractivity contribution < 1.29 is 9.53 Å². The van der Waals surface area contributed by atoms with E-state index in [1.54, 1.807) is 11.3 Å². The van der Waals surface area contributed by atoms with E-state index < -0.39 is 5.54 Å². The van der Waals surface area contributed by atoms with E-state index in [1.165, 1.54) is 5.56 Å². The Morgan fingerprint density at radius 2 is 2.50 bits per heavy atom. The third-order valence-corrected chi connectivity index (χ3v) is 4.62. The van der Waals surface area contributed by atoms with Crippen molar-refractivity contribution >= 4 is 17.2 Å². The highest BCUT2D eigenvalue weighted by Crippen LogP contribution is 2.35. The van der Waals surface area contributed by atoms with Crippen LogP contribution in [0.2, 0.25) is 0 Å². The first-order chi connectivity index (χ1) is 8.71. The average molecular weight is 266 g/mol. The van der Waals surface area contributed by atoms with Crippen LogP contribution in [-0.4, -0.2) is 36.1 Å². The van der Waals surface area contributed by atoms with Crippen molar-refractivity contribution in [1.29, 1.82) is 0 Å². The average Bonchev–Trinajstić information content (AvgIpc) is 3.09. The van der Waals surface area contributed by atoms with Crippen LogP contribution in [0.1, 0.15) is 30.9 Å². The number of carbonyl (C=O) groups is 1. The van der Waals surface area contributed by atoms with Crippen LogP contribution in [-0.2, 0) is 9.53 Å². The van der Waals surface area contributed by atoms with E-state index in [9.17, 15) is 4.79 Å². The molecule has 18 heavy (non-hydrogen) atoms. The second-order valence-corrected chi connectivity index (χ2v) is 5.95. The number of ether oxygens (including phenoxy) is 1. The van der Waals surface area contributed by atoms with Gasteiger partial charge >= 0.3 is 0 Å².